The minimum atomic E-state index is -3.89. The zero-order chi connectivity index (χ0) is 24.2. The van der Waals surface area contributed by atoms with E-state index in [0.717, 1.165) is 6.26 Å². The molecule has 0 aromatic rings. The van der Waals surface area contributed by atoms with Gasteiger partial charge < -0.3 is 13.3 Å². The first kappa shape index (κ1) is 27.7. The molecule has 31 heavy (non-hydrogen) atoms. The number of β-lactam (4-membered cyclic amide) rings is 1. The summed E-state index contributed by atoms with van der Waals surface area (Å²) in [4.78, 5) is 26.8. The van der Waals surface area contributed by atoms with E-state index in [-0.39, 0.29) is 40.3 Å². The van der Waals surface area contributed by atoms with E-state index in [4.69, 9.17) is 13.3 Å². The minimum Gasteiger partial charge on any atom is -0.457 e. The Labute approximate surface area is 191 Å². The molecule has 0 unspecified atom stereocenters. The van der Waals surface area contributed by atoms with Crippen molar-refractivity contribution < 1.29 is 31.4 Å². The molecular weight excluding hydrogens is 458 g/mol. The van der Waals surface area contributed by atoms with Crippen LogP contribution >= 0.6 is 11.8 Å². The van der Waals surface area contributed by atoms with Crippen LogP contribution < -0.4 is 0 Å². The fourth-order valence-corrected chi connectivity index (χ4v) is 5.43. The summed E-state index contributed by atoms with van der Waals surface area (Å²) in [5, 5.41) is -0.299. The Kier molecular flexibility index (Phi) is 9.43. The number of carbonyl (C=O) groups is 2. The van der Waals surface area contributed by atoms with Crippen molar-refractivity contribution in [2.24, 2.45) is 5.92 Å². The van der Waals surface area contributed by atoms with Gasteiger partial charge in [-0.3, -0.25) is 9.69 Å². The van der Waals surface area contributed by atoms with E-state index in [1.54, 1.807) is 0 Å². The Hall–Kier alpha value is -1.30. The number of hydrogen-bond acceptors (Lipinski definition) is 8. The van der Waals surface area contributed by atoms with Gasteiger partial charge in [-0.25, -0.2) is 4.79 Å². The molecule has 0 radical (unpaired) electrons. The van der Waals surface area contributed by atoms with Crippen LogP contribution in [0.15, 0.2) is 24.1 Å². The van der Waals surface area contributed by atoms with E-state index < -0.39 is 24.4 Å². The summed E-state index contributed by atoms with van der Waals surface area (Å²) < 4.78 is 39.3. The topological polar surface area (TPSA) is 99.2 Å². The molecule has 0 spiro atoms. The summed E-state index contributed by atoms with van der Waals surface area (Å²) >= 11 is 1.39. The molecule has 0 aliphatic carbocycles. The van der Waals surface area contributed by atoms with Crippen LogP contribution in [0, 0.1) is 5.92 Å². The molecule has 178 valence electrons. The summed E-state index contributed by atoms with van der Waals surface area (Å²) in [6.07, 6.45) is 4.58. The molecule has 1 aliphatic heterocycles. The van der Waals surface area contributed by atoms with Crippen LogP contribution in [-0.4, -0.2) is 64.6 Å². The Balaban J connectivity index is 3.07. The maximum atomic E-state index is 13.0. The molecule has 0 aromatic carbocycles. The molecule has 1 amide bonds. The molecule has 8 nitrogen and oxygen atoms in total. The van der Waals surface area contributed by atoms with Gasteiger partial charge in [0.15, 0.2) is 14.0 Å². The highest BCUT2D eigenvalue weighted by Crippen LogP contribution is 2.41. The van der Waals surface area contributed by atoms with Gasteiger partial charge in [0.05, 0.1) is 17.5 Å². The number of likely N-dealkylation sites (tertiary alicyclic amines) is 1. The van der Waals surface area contributed by atoms with Gasteiger partial charge in [-0.1, -0.05) is 33.4 Å². The van der Waals surface area contributed by atoms with Crippen molar-refractivity contribution >= 4 is 42.1 Å². The SMILES string of the molecule is C=CCOC(=O)/C(=C(/C)OS(C)(=O)=O)N1C(=O)[C@H](CCO[Si](C)(C)C(C)(C)C)[C@H]1SC. The molecule has 11 heteroatoms. The van der Waals surface area contributed by atoms with E-state index in [2.05, 4.69) is 40.4 Å². The van der Waals surface area contributed by atoms with Crippen LogP contribution in [0.4, 0.5) is 0 Å². The molecular formula is C20H35NO7S2Si. The fraction of sp³-hybridized carbons (Fsp3) is 0.700. The van der Waals surface area contributed by atoms with Gasteiger partial charge in [-0.05, 0) is 37.7 Å². The van der Waals surface area contributed by atoms with Crippen molar-refractivity contribution in [3.63, 3.8) is 0 Å². The summed E-state index contributed by atoms with van der Waals surface area (Å²) in [6.45, 7) is 15.9. The predicted molar refractivity (Wildman–Crippen MR) is 125 cm³/mol. The van der Waals surface area contributed by atoms with E-state index in [9.17, 15) is 18.0 Å². The largest absolute Gasteiger partial charge is 0.457 e. The molecule has 0 bridgehead atoms. The zero-order valence-electron chi connectivity index (χ0n) is 19.7. The number of ether oxygens (including phenoxy) is 1. The first-order chi connectivity index (χ1) is 14.1. The summed E-state index contributed by atoms with van der Waals surface area (Å²) in [5.74, 6) is -1.70. The van der Waals surface area contributed by atoms with Crippen LogP contribution in [0.2, 0.25) is 18.1 Å². The van der Waals surface area contributed by atoms with Crippen LogP contribution in [-0.2, 0) is 33.1 Å². The molecule has 1 saturated heterocycles. The number of esters is 1. The Morgan fingerprint density at radius 2 is 1.90 bits per heavy atom. The molecule has 1 fully saturated rings. The number of allylic oxidation sites excluding steroid dienone is 1. The van der Waals surface area contributed by atoms with Crippen molar-refractivity contribution in [2.75, 3.05) is 25.7 Å². The second-order valence-corrected chi connectivity index (χ2v) is 16.3. The number of amides is 1. The molecule has 1 aliphatic rings. The molecule has 2 atom stereocenters. The van der Waals surface area contributed by atoms with Crippen molar-refractivity contribution in [2.45, 2.75) is 57.6 Å². The van der Waals surface area contributed by atoms with Gasteiger partial charge in [0, 0.05) is 6.61 Å². The maximum Gasteiger partial charge on any atom is 0.358 e. The van der Waals surface area contributed by atoms with Crippen molar-refractivity contribution in [1.82, 2.24) is 4.90 Å². The fourth-order valence-electron chi connectivity index (χ4n) is 2.84. The standard InChI is InChI=1S/C20H35NO7S2Si/c1-10-12-26-19(23)16(14(2)28-30(7,24)25)21-17(22)15(18(21)29-6)11-13-27-31(8,9)20(3,4)5/h10,15,18H,1,11-13H2,2-9H3/b16-14+/t15-,18+/m0/s1. The number of carbonyl (C=O) groups excluding carboxylic acids is 2. The molecule has 0 saturated carbocycles. The smallest absolute Gasteiger partial charge is 0.358 e. The molecule has 1 heterocycles. The number of thioether (sulfide) groups is 1. The number of rotatable bonds is 11. The lowest BCUT2D eigenvalue weighted by atomic mass is 9.93. The Morgan fingerprint density at radius 1 is 1.32 bits per heavy atom. The second-order valence-electron chi connectivity index (χ2n) is 8.92. The highest BCUT2D eigenvalue weighted by molar-refractivity contribution is 7.99. The quantitative estimate of drug-likeness (QED) is 0.0820. The van der Waals surface area contributed by atoms with E-state index >= 15 is 0 Å². The minimum absolute atomic E-state index is 0.0620. The first-order valence-corrected chi connectivity index (χ1v) is 16.0. The normalized spacial score (nSPS) is 20.6. The van der Waals surface area contributed by atoms with Gasteiger partial charge in [0.1, 0.15) is 12.4 Å². The van der Waals surface area contributed by atoms with Crippen LogP contribution in [0.1, 0.15) is 34.1 Å². The van der Waals surface area contributed by atoms with E-state index in [1.165, 1.54) is 29.7 Å². The van der Waals surface area contributed by atoms with Crippen molar-refractivity contribution in [3.8, 4) is 0 Å². The van der Waals surface area contributed by atoms with E-state index in [1.807, 2.05) is 6.26 Å². The lowest BCUT2D eigenvalue weighted by Crippen LogP contribution is -2.60. The average molecular weight is 494 g/mol. The lowest BCUT2D eigenvalue weighted by Gasteiger charge is -2.47. The van der Waals surface area contributed by atoms with E-state index in [0.29, 0.717) is 13.0 Å². The molecule has 0 aromatic heterocycles. The summed E-state index contributed by atoms with van der Waals surface area (Å²) in [5.41, 5.74) is -0.210. The first-order valence-electron chi connectivity index (χ1n) is 9.95. The summed E-state index contributed by atoms with van der Waals surface area (Å²) in [6, 6.07) is 0. The maximum absolute atomic E-state index is 13.0. The van der Waals surface area contributed by atoms with Gasteiger partial charge in [-0.2, -0.15) is 8.42 Å². The molecule has 0 N–H and O–H groups in total. The van der Waals surface area contributed by atoms with Gasteiger partial charge >= 0.3 is 16.1 Å². The lowest BCUT2D eigenvalue weighted by molar-refractivity contribution is -0.154. The highest BCUT2D eigenvalue weighted by atomic mass is 32.2. The van der Waals surface area contributed by atoms with Gasteiger partial charge in [0.2, 0.25) is 5.91 Å². The Bertz CT molecular complexity index is 831. The van der Waals surface area contributed by atoms with Crippen molar-refractivity contribution in [3.05, 3.63) is 24.1 Å². The van der Waals surface area contributed by atoms with Crippen LogP contribution in [0.5, 0.6) is 0 Å². The highest BCUT2D eigenvalue weighted by Gasteiger charge is 2.51. The van der Waals surface area contributed by atoms with Gasteiger partial charge in [-0.15, -0.1) is 11.8 Å². The average Bonchev–Trinajstić information content (AvgIpc) is 2.61. The predicted octanol–water partition coefficient (Wildman–Crippen LogP) is 3.48. The number of nitrogens with zero attached hydrogens (tertiary/aromatic N) is 1. The van der Waals surface area contributed by atoms with Crippen LogP contribution in [0.25, 0.3) is 0 Å². The third-order valence-electron chi connectivity index (χ3n) is 5.47. The van der Waals surface area contributed by atoms with Crippen LogP contribution in [0.3, 0.4) is 0 Å². The summed E-state index contributed by atoms with van der Waals surface area (Å²) in [7, 11) is -5.83. The number of hydrogen-bond donors (Lipinski definition) is 0. The third-order valence-corrected chi connectivity index (χ3v) is 11.6. The van der Waals surface area contributed by atoms with Gasteiger partial charge in [0.25, 0.3) is 0 Å². The zero-order valence-corrected chi connectivity index (χ0v) is 22.3. The second kappa shape index (κ2) is 10.5. The Morgan fingerprint density at radius 3 is 2.35 bits per heavy atom. The van der Waals surface area contributed by atoms with Crippen molar-refractivity contribution in [1.29, 1.82) is 0 Å². The molecule has 1 rings (SSSR count). The third kappa shape index (κ3) is 7.09. The monoisotopic (exact) mass is 493 g/mol.